The van der Waals surface area contributed by atoms with Gasteiger partial charge in [-0.25, -0.2) is 4.79 Å². The summed E-state index contributed by atoms with van der Waals surface area (Å²) < 4.78 is 11.3. The van der Waals surface area contributed by atoms with E-state index in [0.717, 1.165) is 21.3 Å². The predicted octanol–water partition coefficient (Wildman–Crippen LogP) is 5.65. The summed E-state index contributed by atoms with van der Waals surface area (Å²) in [6.45, 7) is 2.31. The van der Waals surface area contributed by atoms with Crippen molar-refractivity contribution >= 4 is 39.3 Å². The fourth-order valence-corrected chi connectivity index (χ4v) is 5.24. The smallest absolute Gasteiger partial charge is 0.336 e. The second kappa shape index (κ2) is 10.2. The fraction of sp³-hybridized carbons (Fsp3) is 0.308. The van der Waals surface area contributed by atoms with Crippen LogP contribution in [0.2, 0.25) is 5.02 Å². The van der Waals surface area contributed by atoms with E-state index in [2.05, 4.69) is 21.2 Å². The number of rotatable bonds is 6. The van der Waals surface area contributed by atoms with Crippen molar-refractivity contribution in [3.05, 3.63) is 91.7 Å². The van der Waals surface area contributed by atoms with Crippen LogP contribution < -0.4 is 5.32 Å². The van der Waals surface area contributed by atoms with E-state index in [1.165, 1.54) is 0 Å². The Hall–Kier alpha value is -2.41. The maximum Gasteiger partial charge on any atom is 0.336 e. The van der Waals surface area contributed by atoms with Crippen LogP contribution in [-0.2, 0) is 19.1 Å². The number of hydrogen-bond acceptors (Lipinski definition) is 5. The molecule has 0 saturated carbocycles. The van der Waals surface area contributed by atoms with Gasteiger partial charge in [0.15, 0.2) is 5.78 Å². The SMILES string of the molecule is COCCOC(=O)C1=C(C)NC2=C(C(=O)C[C@@H](c3ccc(Cl)cc3)C2)[C@H]1c1ccccc1Br. The number of ketones is 1. The number of Topliss-reactive ketones (excluding diaryl/α,β-unsaturated/α-hetero) is 1. The van der Waals surface area contributed by atoms with Gasteiger partial charge in [-0.3, -0.25) is 4.79 Å². The normalized spacial score (nSPS) is 20.4. The number of benzene rings is 2. The number of ether oxygens (including phenoxy) is 2. The fourth-order valence-electron chi connectivity index (χ4n) is 4.60. The summed E-state index contributed by atoms with van der Waals surface area (Å²) in [4.78, 5) is 26.7. The van der Waals surface area contributed by atoms with Gasteiger partial charge in [0.2, 0.25) is 0 Å². The van der Waals surface area contributed by atoms with Gasteiger partial charge < -0.3 is 14.8 Å². The zero-order valence-corrected chi connectivity index (χ0v) is 20.8. The van der Waals surface area contributed by atoms with Gasteiger partial charge in [-0.1, -0.05) is 57.9 Å². The number of carbonyl (C=O) groups is 2. The van der Waals surface area contributed by atoms with Crippen LogP contribution in [0.5, 0.6) is 0 Å². The van der Waals surface area contributed by atoms with Crippen molar-refractivity contribution in [3.63, 3.8) is 0 Å². The van der Waals surface area contributed by atoms with Crippen molar-refractivity contribution in [3.8, 4) is 0 Å². The molecule has 1 aliphatic heterocycles. The molecule has 0 amide bonds. The van der Waals surface area contributed by atoms with E-state index in [-0.39, 0.29) is 18.3 Å². The van der Waals surface area contributed by atoms with Gasteiger partial charge in [0.25, 0.3) is 0 Å². The molecule has 0 radical (unpaired) electrons. The Morgan fingerprint density at radius 2 is 1.85 bits per heavy atom. The summed E-state index contributed by atoms with van der Waals surface area (Å²) in [5.41, 5.74) is 4.58. The van der Waals surface area contributed by atoms with Crippen LogP contribution in [0, 0.1) is 0 Å². The molecule has 0 saturated heterocycles. The van der Waals surface area contributed by atoms with E-state index in [4.69, 9.17) is 21.1 Å². The molecule has 172 valence electrons. The third-order valence-electron chi connectivity index (χ3n) is 6.13. The van der Waals surface area contributed by atoms with Gasteiger partial charge >= 0.3 is 5.97 Å². The Kier molecular flexibility index (Phi) is 7.37. The average molecular weight is 531 g/mol. The second-order valence-electron chi connectivity index (χ2n) is 8.22. The molecule has 1 aliphatic carbocycles. The Bertz CT molecular complexity index is 1140. The number of esters is 1. The first-order chi connectivity index (χ1) is 15.9. The number of halogens is 2. The van der Waals surface area contributed by atoms with E-state index in [9.17, 15) is 9.59 Å². The van der Waals surface area contributed by atoms with Gasteiger partial charge in [-0.05, 0) is 48.6 Å². The number of dihydropyridines is 1. The number of hydrogen-bond donors (Lipinski definition) is 1. The highest BCUT2D eigenvalue weighted by molar-refractivity contribution is 9.10. The number of methoxy groups -OCH3 is 1. The summed E-state index contributed by atoms with van der Waals surface area (Å²) >= 11 is 9.67. The number of allylic oxidation sites excluding steroid dienone is 3. The summed E-state index contributed by atoms with van der Waals surface area (Å²) in [6.07, 6.45) is 1.04. The lowest BCUT2D eigenvalue weighted by molar-refractivity contribution is -0.140. The Morgan fingerprint density at radius 3 is 2.55 bits per heavy atom. The summed E-state index contributed by atoms with van der Waals surface area (Å²) in [7, 11) is 1.55. The van der Waals surface area contributed by atoms with Gasteiger partial charge in [0, 0.05) is 45.9 Å². The molecule has 2 atom stereocenters. The summed E-state index contributed by atoms with van der Waals surface area (Å²) in [5, 5.41) is 4.03. The lowest BCUT2D eigenvalue weighted by Crippen LogP contribution is -2.36. The number of carbonyl (C=O) groups excluding carboxylic acids is 2. The van der Waals surface area contributed by atoms with Crippen LogP contribution in [0.1, 0.15) is 42.7 Å². The third kappa shape index (κ3) is 4.93. The highest BCUT2D eigenvalue weighted by atomic mass is 79.9. The molecule has 0 fully saturated rings. The molecule has 4 rings (SSSR count). The zero-order valence-electron chi connectivity index (χ0n) is 18.5. The molecule has 0 bridgehead atoms. The lowest BCUT2D eigenvalue weighted by Gasteiger charge is -2.37. The monoisotopic (exact) mass is 529 g/mol. The van der Waals surface area contributed by atoms with Crippen LogP contribution in [-0.4, -0.2) is 32.1 Å². The van der Waals surface area contributed by atoms with Crippen LogP contribution in [0.15, 0.2) is 75.5 Å². The molecule has 1 heterocycles. The molecule has 2 aromatic carbocycles. The van der Waals surface area contributed by atoms with E-state index in [1.54, 1.807) is 7.11 Å². The first-order valence-corrected chi connectivity index (χ1v) is 12.0. The van der Waals surface area contributed by atoms with Crippen molar-refractivity contribution in [2.45, 2.75) is 31.6 Å². The number of nitrogens with one attached hydrogen (secondary N) is 1. The van der Waals surface area contributed by atoms with Crippen LogP contribution >= 0.6 is 27.5 Å². The third-order valence-corrected chi connectivity index (χ3v) is 7.10. The van der Waals surface area contributed by atoms with Gasteiger partial charge in [-0.2, -0.15) is 0 Å². The average Bonchev–Trinajstić information content (AvgIpc) is 2.79. The van der Waals surface area contributed by atoms with Crippen molar-refractivity contribution in [2.24, 2.45) is 0 Å². The minimum atomic E-state index is -0.509. The first-order valence-electron chi connectivity index (χ1n) is 10.8. The molecule has 0 aromatic heterocycles. The van der Waals surface area contributed by atoms with Crippen LogP contribution in [0.4, 0.5) is 0 Å². The quantitative estimate of drug-likeness (QED) is 0.386. The standard InChI is InChI=1S/C26H25BrClNO4/c1-15-23(26(31)33-12-11-32-2)24(19-5-3-4-6-20(19)27)25-21(29-15)13-17(14-22(25)30)16-7-9-18(28)10-8-16/h3-10,17,24,29H,11-14H2,1-2H3/t17-,24-/m0/s1. The summed E-state index contributed by atoms with van der Waals surface area (Å²) in [5.74, 6) is -0.884. The molecular formula is C26H25BrClNO4. The molecule has 2 aliphatic rings. The highest BCUT2D eigenvalue weighted by Gasteiger charge is 2.42. The van der Waals surface area contributed by atoms with Crippen molar-refractivity contribution < 1.29 is 19.1 Å². The molecule has 33 heavy (non-hydrogen) atoms. The molecule has 1 N–H and O–H groups in total. The minimum absolute atomic E-state index is 0.0270. The largest absolute Gasteiger partial charge is 0.460 e. The van der Waals surface area contributed by atoms with E-state index >= 15 is 0 Å². The molecule has 0 unspecified atom stereocenters. The Morgan fingerprint density at radius 1 is 1.12 bits per heavy atom. The predicted molar refractivity (Wildman–Crippen MR) is 131 cm³/mol. The maximum atomic E-state index is 13.6. The van der Waals surface area contributed by atoms with Crippen LogP contribution in [0.25, 0.3) is 0 Å². The second-order valence-corrected chi connectivity index (χ2v) is 9.51. The molecule has 0 spiro atoms. The Labute approximate surface area is 206 Å². The maximum absolute atomic E-state index is 13.6. The topological polar surface area (TPSA) is 64.6 Å². The Balaban J connectivity index is 1.76. The molecule has 2 aromatic rings. The van der Waals surface area contributed by atoms with Gasteiger partial charge in [0.05, 0.1) is 12.2 Å². The van der Waals surface area contributed by atoms with Crippen LogP contribution in [0.3, 0.4) is 0 Å². The summed E-state index contributed by atoms with van der Waals surface area (Å²) in [6, 6.07) is 15.3. The zero-order chi connectivity index (χ0) is 23.5. The lowest BCUT2D eigenvalue weighted by atomic mass is 9.72. The first kappa shape index (κ1) is 23.7. The highest BCUT2D eigenvalue weighted by Crippen LogP contribution is 2.47. The molecule has 5 nitrogen and oxygen atoms in total. The van der Waals surface area contributed by atoms with E-state index in [0.29, 0.717) is 41.3 Å². The van der Waals surface area contributed by atoms with Crippen molar-refractivity contribution in [1.29, 1.82) is 0 Å². The van der Waals surface area contributed by atoms with Crippen molar-refractivity contribution in [2.75, 3.05) is 20.3 Å². The van der Waals surface area contributed by atoms with E-state index < -0.39 is 11.9 Å². The molecule has 7 heteroatoms. The van der Waals surface area contributed by atoms with Gasteiger partial charge in [0.1, 0.15) is 6.61 Å². The van der Waals surface area contributed by atoms with Gasteiger partial charge in [-0.15, -0.1) is 0 Å². The minimum Gasteiger partial charge on any atom is -0.460 e. The van der Waals surface area contributed by atoms with Crippen molar-refractivity contribution in [1.82, 2.24) is 5.32 Å². The van der Waals surface area contributed by atoms with E-state index in [1.807, 2.05) is 55.5 Å². The molecular weight excluding hydrogens is 506 g/mol.